The van der Waals surface area contributed by atoms with Crippen molar-refractivity contribution in [2.45, 2.75) is 24.5 Å². The van der Waals surface area contributed by atoms with E-state index in [1.165, 1.54) is 4.46 Å². The Bertz CT molecular complexity index is 2050. The number of hydrogen-bond acceptors (Lipinski definition) is 6. The van der Waals surface area contributed by atoms with E-state index >= 15 is 0 Å². The predicted molar refractivity (Wildman–Crippen MR) is 185 cm³/mol. The van der Waals surface area contributed by atoms with Gasteiger partial charge in [0.1, 0.15) is 0 Å². The fraction of sp³-hybridized carbons (Fsp3) is 0.103. The summed E-state index contributed by atoms with van der Waals surface area (Å²) in [4.78, 5) is 28.1. The minimum atomic E-state index is -0.241. The quantitative estimate of drug-likeness (QED) is 0.0991. The van der Waals surface area contributed by atoms with Crippen LogP contribution in [0.3, 0.4) is 0 Å². The van der Waals surface area contributed by atoms with Gasteiger partial charge in [-0.3, -0.25) is 0 Å². The van der Waals surface area contributed by atoms with E-state index in [0.29, 0.717) is 57.2 Å². The Labute approximate surface area is 287 Å². The molecule has 1 unspecified atom stereocenters. The molecule has 1 aromatic heterocycles. The molecule has 0 fully saturated rings. The first-order chi connectivity index (χ1) is 23.0. The van der Waals surface area contributed by atoms with Crippen molar-refractivity contribution in [2.24, 2.45) is 0 Å². The van der Waals surface area contributed by atoms with Crippen LogP contribution in [0.4, 0.5) is 0 Å². The molecule has 47 heavy (non-hydrogen) atoms. The summed E-state index contributed by atoms with van der Waals surface area (Å²) in [5.41, 5.74) is 3.95. The van der Waals surface area contributed by atoms with Gasteiger partial charge in [0.15, 0.2) is 0 Å². The molecule has 0 spiro atoms. The molecular weight excluding hydrogens is 721 g/mol. The summed E-state index contributed by atoms with van der Waals surface area (Å²) in [6.45, 7) is 0.0348. The fourth-order valence-electron chi connectivity index (χ4n) is 5.56. The van der Waals surface area contributed by atoms with Crippen molar-refractivity contribution in [2.75, 3.05) is 0 Å². The van der Waals surface area contributed by atoms with E-state index in [4.69, 9.17) is 14.0 Å². The number of ketones is 2. The van der Waals surface area contributed by atoms with Gasteiger partial charge < -0.3 is 0 Å². The maximum absolute atomic E-state index is 14.1. The second-order valence-corrected chi connectivity index (χ2v) is 14.3. The zero-order valence-electron chi connectivity index (χ0n) is 25.1. The Kier molecular flexibility index (Phi) is 9.16. The number of aromatic nitrogens is 1. The molecule has 5 aromatic carbocycles. The Morgan fingerprint density at radius 1 is 0.787 bits per heavy atom. The molecule has 7 rings (SSSR count). The van der Waals surface area contributed by atoms with Gasteiger partial charge in [0.25, 0.3) is 0 Å². The van der Waals surface area contributed by atoms with E-state index in [2.05, 4.69) is 33.2 Å². The molecule has 1 aliphatic rings. The van der Waals surface area contributed by atoms with Gasteiger partial charge in [-0.25, -0.2) is 0 Å². The Hall–Kier alpha value is -4.75. The number of nitrogens with zero attached hydrogens (tertiary/aromatic N) is 1. The van der Waals surface area contributed by atoms with Crippen molar-refractivity contribution < 1.29 is 23.6 Å². The van der Waals surface area contributed by atoms with Crippen molar-refractivity contribution in [3.8, 4) is 22.8 Å². The monoisotopic (exact) mass is 749 g/mol. The number of hydrogen-bond donors (Lipinski definition) is 0. The van der Waals surface area contributed by atoms with E-state index in [1.807, 2.05) is 84.9 Å². The van der Waals surface area contributed by atoms with Crippen LogP contribution in [0.1, 0.15) is 43.2 Å². The zero-order valence-corrected chi connectivity index (χ0v) is 28.4. The molecule has 6 aromatic rings. The SMILES string of the molecule is O=C(c1ccccc1)c1cc(C(=O)c2ccccc2)c2c(c1OCc1cc(-c3cccc(Br)c3)no1)CC(C[Se]c1ccccc1)O2. The third-order valence-electron chi connectivity index (χ3n) is 7.82. The molecule has 1 atom stereocenters. The summed E-state index contributed by atoms with van der Waals surface area (Å²) in [5.74, 6) is 0.918. The van der Waals surface area contributed by atoms with Gasteiger partial charge >= 0.3 is 256 Å². The standard InChI is InChI=1S/C39H28BrNO5Se/c40-28-16-10-15-27(19-28)35-21-29(46-41-35)23-44-38-32(36(42)25-11-4-1-5-12-25)22-33(37(43)26-13-6-2-7-14-26)39-34(38)20-30(45-39)24-47-31-17-8-3-9-18-31/h1-19,21-22,30H,20,23-24H2. The number of fused-ring (bicyclic) bond motifs is 1. The molecule has 0 N–H and O–H groups in total. The van der Waals surface area contributed by atoms with E-state index in [9.17, 15) is 9.59 Å². The van der Waals surface area contributed by atoms with Gasteiger partial charge in [0.2, 0.25) is 0 Å². The Morgan fingerprint density at radius 3 is 2.13 bits per heavy atom. The van der Waals surface area contributed by atoms with Crippen LogP contribution in [0.5, 0.6) is 11.5 Å². The summed E-state index contributed by atoms with van der Waals surface area (Å²) in [6, 6.07) is 39.7. The van der Waals surface area contributed by atoms with Crippen LogP contribution < -0.4 is 13.9 Å². The average Bonchev–Trinajstić information content (AvgIpc) is 3.78. The molecule has 0 saturated carbocycles. The van der Waals surface area contributed by atoms with Crippen molar-refractivity contribution in [3.63, 3.8) is 0 Å². The maximum atomic E-state index is 14.1. The van der Waals surface area contributed by atoms with Crippen LogP contribution in [0.25, 0.3) is 11.3 Å². The summed E-state index contributed by atoms with van der Waals surface area (Å²) in [7, 11) is 0. The van der Waals surface area contributed by atoms with Crippen LogP contribution in [0, 0.1) is 0 Å². The first-order valence-corrected chi connectivity index (χ1v) is 18.0. The number of halogens is 1. The second kappa shape index (κ2) is 13.9. The van der Waals surface area contributed by atoms with Crippen molar-refractivity contribution in [1.82, 2.24) is 5.16 Å². The fourth-order valence-corrected chi connectivity index (χ4v) is 7.88. The first kappa shape index (κ1) is 30.9. The first-order valence-electron chi connectivity index (χ1n) is 15.1. The van der Waals surface area contributed by atoms with Crippen molar-refractivity contribution in [1.29, 1.82) is 0 Å². The molecule has 0 radical (unpaired) electrons. The van der Waals surface area contributed by atoms with Gasteiger partial charge in [-0.15, -0.1) is 0 Å². The van der Waals surface area contributed by atoms with Gasteiger partial charge in [-0.2, -0.15) is 0 Å². The third kappa shape index (κ3) is 6.86. The van der Waals surface area contributed by atoms with Gasteiger partial charge in [0.05, 0.1) is 0 Å². The number of carbonyl (C=O) groups excluding carboxylic acids is 2. The molecule has 8 heteroatoms. The van der Waals surface area contributed by atoms with E-state index in [0.717, 1.165) is 15.4 Å². The summed E-state index contributed by atoms with van der Waals surface area (Å²) in [5, 5.41) is 5.04. The Morgan fingerprint density at radius 2 is 1.45 bits per heavy atom. The zero-order chi connectivity index (χ0) is 32.2. The third-order valence-corrected chi connectivity index (χ3v) is 10.7. The normalized spacial score (nSPS) is 13.5. The predicted octanol–water partition coefficient (Wildman–Crippen LogP) is 7.90. The van der Waals surface area contributed by atoms with Crippen LogP contribution in [-0.4, -0.2) is 37.8 Å². The second-order valence-electron chi connectivity index (χ2n) is 11.0. The molecule has 0 saturated heterocycles. The topological polar surface area (TPSA) is 78.6 Å². The van der Waals surface area contributed by atoms with Crippen molar-refractivity contribution in [3.05, 3.63) is 165 Å². The van der Waals surface area contributed by atoms with Gasteiger partial charge in [0, 0.05) is 4.47 Å². The number of ether oxygens (including phenoxy) is 2. The summed E-state index contributed by atoms with van der Waals surface area (Å²) < 4.78 is 20.9. The van der Waals surface area contributed by atoms with E-state index in [-0.39, 0.29) is 39.2 Å². The van der Waals surface area contributed by atoms with E-state index in [1.54, 1.807) is 30.3 Å². The van der Waals surface area contributed by atoms with Crippen LogP contribution >= 0.6 is 15.9 Å². The van der Waals surface area contributed by atoms with Crippen LogP contribution in [0.15, 0.2) is 136 Å². The Balaban J connectivity index is 1.28. The molecule has 6 nitrogen and oxygen atoms in total. The molecule has 0 bridgehead atoms. The molecule has 0 amide bonds. The minimum absolute atomic E-state index is 0.0348. The van der Waals surface area contributed by atoms with Crippen LogP contribution in [0.2, 0.25) is 5.32 Å². The molecule has 232 valence electrons. The number of rotatable bonds is 11. The molecular formula is C39H28BrNO5Se. The number of carbonyl (C=O) groups is 2. The molecule has 1 aliphatic heterocycles. The van der Waals surface area contributed by atoms with Crippen LogP contribution in [-0.2, 0) is 13.0 Å². The number of benzene rings is 5. The molecule has 2 heterocycles. The van der Waals surface area contributed by atoms with Gasteiger partial charge in [-0.05, 0) is 6.07 Å². The summed E-state index contributed by atoms with van der Waals surface area (Å²) in [6.07, 6.45) is 0.328. The molecule has 0 aliphatic carbocycles. The summed E-state index contributed by atoms with van der Waals surface area (Å²) >= 11 is 3.66. The average molecular weight is 750 g/mol. The van der Waals surface area contributed by atoms with E-state index < -0.39 is 0 Å². The van der Waals surface area contributed by atoms with Gasteiger partial charge in [-0.1, -0.05) is 22.0 Å². The van der Waals surface area contributed by atoms with Crippen molar-refractivity contribution >= 4 is 46.9 Å².